The Bertz CT molecular complexity index is 823. The van der Waals surface area contributed by atoms with Crippen LogP contribution in [-0.2, 0) is 13.1 Å². The maximum Gasteiger partial charge on any atom is 0.319 e. The van der Waals surface area contributed by atoms with Gasteiger partial charge in [-0.1, -0.05) is 49.2 Å². The molecule has 0 atom stereocenters. The molecular weight excluding hydrogens is 372 g/mol. The van der Waals surface area contributed by atoms with E-state index in [1.54, 1.807) is 0 Å². The monoisotopic (exact) mass is 406 g/mol. The molecule has 2 aliphatic rings. The summed E-state index contributed by atoms with van der Waals surface area (Å²) in [6, 6.07) is 16.5. The Morgan fingerprint density at radius 2 is 1.40 bits per heavy atom. The molecule has 5 nitrogen and oxygen atoms in total. The van der Waals surface area contributed by atoms with Crippen LogP contribution in [0.2, 0.25) is 0 Å². The van der Waals surface area contributed by atoms with Crippen LogP contribution in [0.25, 0.3) is 0 Å². The molecule has 2 aliphatic heterocycles. The van der Waals surface area contributed by atoms with Crippen molar-refractivity contribution in [2.45, 2.75) is 51.6 Å². The highest BCUT2D eigenvalue weighted by molar-refractivity contribution is 5.93. The van der Waals surface area contributed by atoms with E-state index in [1.807, 2.05) is 12.1 Å². The van der Waals surface area contributed by atoms with Crippen molar-refractivity contribution in [3.63, 3.8) is 0 Å². The zero-order valence-electron chi connectivity index (χ0n) is 17.9. The van der Waals surface area contributed by atoms with Gasteiger partial charge in [-0.3, -0.25) is 4.90 Å². The van der Waals surface area contributed by atoms with Crippen molar-refractivity contribution in [3.05, 3.63) is 59.7 Å². The second kappa shape index (κ2) is 10.5. The minimum absolute atomic E-state index is 0.145. The van der Waals surface area contributed by atoms with E-state index in [0.29, 0.717) is 6.54 Å². The Morgan fingerprint density at radius 3 is 2.17 bits per heavy atom. The van der Waals surface area contributed by atoms with Crippen molar-refractivity contribution in [1.82, 2.24) is 10.2 Å². The first kappa shape index (κ1) is 20.7. The number of benzene rings is 2. The molecule has 0 radical (unpaired) electrons. The highest BCUT2D eigenvalue weighted by Crippen LogP contribution is 2.28. The number of hydrogen-bond donors (Lipinski definition) is 2. The summed E-state index contributed by atoms with van der Waals surface area (Å²) in [6.07, 6.45) is 7.61. The van der Waals surface area contributed by atoms with Crippen LogP contribution in [0, 0.1) is 0 Å². The molecule has 0 aromatic heterocycles. The molecule has 0 spiro atoms. The van der Waals surface area contributed by atoms with Gasteiger partial charge in [-0.15, -0.1) is 0 Å². The first-order chi connectivity index (χ1) is 14.8. The number of carbonyl (C=O) groups is 1. The third kappa shape index (κ3) is 5.54. The van der Waals surface area contributed by atoms with Gasteiger partial charge in [0.1, 0.15) is 0 Å². The average molecular weight is 407 g/mol. The number of hydrogen-bond acceptors (Lipinski definition) is 3. The summed E-state index contributed by atoms with van der Waals surface area (Å²) in [7, 11) is 0. The molecule has 5 heteroatoms. The Labute approximate surface area is 180 Å². The number of amides is 2. The fraction of sp³-hybridized carbons (Fsp3) is 0.480. The maximum absolute atomic E-state index is 12.7. The van der Waals surface area contributed by atoms with Gasteiger partial charge >= 0.3 is 6.03 Å². The summed E-state index contributed by atoms with van der Waals surface area (Å²) in [4.78, 5) is 17.6. The lowest BCUT2D eigenvalue weighted by atomic mass is 10.1. The van der Waals surface area contributed by atoms with Gasteiger partial charge in [0.25, 0.3) is 0 Å². The fourth-order valence-corrected chi connectivity index (χ4v) is 4.57. The zero-order chi connectivity index (χ0) is 20.6. The van der Waals surface area contributed by atoms with E-state index in [0.717, 1.165) is 31.0 Å². The first-order valence-corrected chi connectivity index (χ1v) is 11.5. The first-order valence-electron chi connectivity index (χ1n) is 11.5. The second-order valence-electron chi connectivity index (χ2n) is 8.48. The van der Waals surface area contributed by atoms with Gasteiger partial charge in [-0.25, -0.2) is 4.79 Å². The normalized spacial score (nSPS) is 17.5. The summed E-state index contributed by atoms with van der Waals surface area (Å²) in [6.45, 7) is 5.98. The standard InChI is InChI=1S/C25H34N4O/c30-25(26-19-21-11-3-4-12-22(21)20-28-15-9-10-16-28)27-23-13-5-6-14-24(23)29-17-7-1-2-8-18-29/h3-6,11-14H,1-2,7-10,15-20H2,(H2,26,27,30). The molecule has 2 aromatic carbocycles. The summed E-state index contributed by atoms with van der Waals surface area (Å²) in [5.41, 5.74) is 4.52. The number of para-hydroxylation sites is 2. The number of anilines is 2. The number of urea groups is 1. The average Bonchev–Trinajstić information content (AvgIpc) is 3.13. The largest absolute Gasteiger partial charge is 0.370 e. The molecule has 30 heavy (non-hydrogen) atoms. The number of rotatable bonds is 6. The van der Waals surface area contributed by atoms with Crippen LogP contribution in [0.4, 0.5) is 16.2 Å². The van der Waals surface area contributed by atoms with E-state index in [-0.39, 0.29) is 6.03 Å². The zero-order valence-corrected chi connectivity index (χ0v) is 17.9. The third-order valence-corrected chi connectivity index (χ3v) is 6.25. The third-order valence-electron chi connectivity index (χ3n) is 6.25. The molecule has 0 bridgehead atoms. The minimum atomic E-state index is -0.145. The van der Waals surface area contributed by atoms with Crippen molar-refractivity contribution in [3.8, 4) is 0 Å². The van der Waals surface area contributed by atoms with Gasteiger partial charge in [0.2, 0.25) is 0 Å². The minimum Gasteiger partial charge on any atom is -0.370 e. The molecule has 2 aromatic rings. The maximum atomic E-state index is 12.7. The lowest BCUT2D eigenvalue weighted by Gasteiger charge is -2.25. The molecule has 2 fully saturated rings. The van der Waals surface area contributed by atoms with Crippen LogP contribution in [0.15, 0.2) is 48.5 Å². The lowest BCUT2D eigenvalue weighted by Crippen LogP contribution is -2.31. The highest BCUT2D eigenvalue weighted by atomic mass is 16.2. The molecule has 160 valence electrons. The molecule has 0 aliphatic carbocycles. The smallest absolute Gasteiger partial charge is 0.319 e. The van der Waals surface area contributed by atoms with Crippen LogP contribution in [-0.4, -0.2) is 37.1 Å². The molecule has 0 unspecified atom stereocenters. The topological polar surface area (TPSA) is 47.6 Å². The van der Waals surface area contributed by atoms with Crippen molar-refractivity contribution >= 4 is 17.4 Å². The van der Waals surface area contributed by atoms with Crippen molar-refractivity contribution in [1.29, 1.82) is 0 Å². The Kier molecular flexibility index (Phi) is 7.25. The van der Waals surface area contributed by atoms with Gasteiger partial charge in [-0.2, -0.15) is 0 Å². The van der Waals surface area contributed by atoms with E-state index in [2.05, 4.69) is 56.8 Å². The van der Waals surface area contributed by atoms with Crippen LogP contribution in [0.1, 0.15) is 49.7 Å². The summed E-state index contributed by atoms with van der Waals surface area (Å²) < 4.78 is 0. The Hall–Kier alpha value is -2.53. The predicted octanol–water partition coefficient (Wildman–Crippen LogP) is 4.98. The predicted molar refractivity (Wildman–Crippen MR) is 124 cm³/mol. The van der Waals surface area contributed by atoms with Gasteiger partial charge in [0, 0.05) is 26.2 Å². The van der Waals surface area contributed by atoms with Gasteiger partial charge in [0.05, 0.1) is 11.4 Å². The molecular formula is C25H34N4O. The van der Waals surface area contributed by atoms with Gasteiger partial charge in [0.15, 0.2) is 0 Å². The van der Waals surface area contributed by atoms with Crippen molar-refractivity contribution in [2.24, 2.45) is 0 Å². The molecule has 2 saturated heterocycles. The lowest BCUT2D eigenvalue weighted by molar-refractivity contribution is 0.251. The Balaban J connectivity index is 1.37. The van der Waals surface area contributed by atoms with E-state index in [4.69, 9.17) is 0 Å². The molecule has 2 amide bonds. The molecule has 0 saturated carbocycles. The molecule has 2 N–H and O–H groups in total. The quantitative estimate of drug-likeness (QED) is 0.711. The second-order valence-corrected chi connectivity index (χ2v) is 8.48. The van der Waals surface area contributed by atoms with Crippen LogP contribution < -0.4 is 15.5 Å². The van der Waals surface area contributed by atoms with Crippen LogP contribution in [0.3, 0.4) is 0 Å². The number of carbonyl (C=O) groups excluding carboxylic acids is 1. The van der Waals surface area contributed by atoms with Gasteiger partial charge < -0.3 is 15.5 Å². The number of nitrogens with zero attached hydrogens (tertiary/aromatic N) is 2. The van der Waals surface area contributed by atoms with Gasteiger partial charge in [-0.05, 0) is 62.0 Å². The van der Waals surface area contributed by atoms with Crippen LogP contribution >= 0.6 is 0 Å². The number of likely N-dealkylation sites (tertiary alicyclic amines) is 1. The highest BCUT2D eigenvalue weighted by Gasteiger charge is 2.16. The van der Waals surface area contributed by atoms with E-state index >= 15 is 0 Å². The van der Waals surface area contributed by atoms with Crippen molar-refractivity contribution < 1.29 is 4.79 Å². The van der Waals surface area contributed by atoms with E-state index in [9.17, 15) is 4.79 Å². The summed E-state index contributed by atoms with van der Waals surface area (Å²) in [5, 5.41) is 6.16. The molecule has 2 heterocycles. The summed E-state index contributed by atoms with van der Waals surface area (Å²) >= 11 is 0. The Morgan fingerprint density at radius 1 is 0.767 bits per heavy atom. The van der Waals surface area contributed by atoms with E-state index < -0.39 is 0 Å². The van der Waals surface area contributed by atoms with Crippen LogP contribution in [0.5, 0.6) is 0 Å². The van der Waals surface area contributed by atoms with E-state index in [1.165, 1.54) is 62.7 Å². The fourth-order valence-electron chi connectivity index (χ4n) is 4.57. The van der Waals surface area contributed by atoms with Crippen molar-refractivity contribution in [2.75, 3.05) is 36.4 Å². The molecule has 4 rings (SSSR count). The SMILES string of the molecule is O=C(NCc1ccccc1CN1CCCC1)Nc1ccccc1N1CCCCCC1. The number of nitrogens with one attached hydrogen (secondary N) is 2. The summed E-state index contributed by atoms with van der Waals surface area (Å²) in [5.74, 6) is 0.